The van der Waals surface area contributed by atoms with E-state index in [0.29, 0.717) is 23.9 Å². The quantitative estimate of drug-likeness (QED) is 0.0276. The normalized spacial score (nSPS) is 14.5. The number of nitrogens with one attached hydrogen (secondary N) is 1. The molecule has 0 heterocycles. The third kappa shape index (κ3) is 41.0. The van der Waals surface area contributed by atoms with Crippen molar-refractivity contribution in [3.63, 3.8) is 0 Å². The molecule has 2 N–H and O–H groups in total. The summed E-state index contributed by atoms with van der Waals surface area (Å²) in [6, 6.07) is -0.897. The monoisotopic (exact) mass is 799 g/mol. The Morgan fingerprint density at radius 1 is 0.618 bits per heavy atom. The molecule has 0 aliphatic heterocycles. The van der Waals surface area contributed by atoms with Crippen LogP contribution in [-0.4, -0.2) is 68.5 Å². The lowest BCUT2D eigenvalue weighted by atomic mass is 10.0. The SMILES string of the molecule is CCCCCC/C=C\CCCC(=O)NC(COP(=O)([O-])OCC[N+](C)(C)C)C(O)/C=C/CCCCCCCCCCCCCCCCCCCCCCCC. The molecule has 8 nitrogen and oxygen atoms in total. The minimum atomic E-state index is -4.59. The first kappa shape index (κ1) is 54.0. The van der Waals surface area contributed by atoms with Gasteiger partial charge in [-0.1, -0.05) is 192 Å². The highest BCUT2D eigenvalue weighted by atomic mass is 31.2. The number of likely N-dealkylation sites (N-methyl/N-ethyl adjacent to an activating group) is 1. The number of nitrogens with zero attached hydrogens (tertiary/aromatic N) is 1. The minimum absolute atomic E-state index is 0.00454. The van der Waals surface area contributed by atoms with Gasteiger partial charge < -0.3 is 28.8 Å². The number of phosphoric ester groups is 1. The maximum atomic E-state index is 12.7. The largest absolute Gasteiger partial charge is 0.756 e. The van der Waals surface area contributed by atoms with E-state index in [-0.39, 0.29) is 19.1 Å². The zero-order chi connectivity index (χ0) is 40.7. The number of hydrogen-bond donors (Lipinski definition) is 2. The summed E-state index contributed by atoms with van der Waals surface area (Å²) < 4.78 is 23.1. The molecule has 0 fully saturated rings. The van der Waals surface area contributed by atoms with Crippen molar-refractivity contribution in [3.8, 4) is 0 Å². The van der Waals surface area contributed by atoms with Gasteiger partial charge in [-0.2, -0.15) is 0 Å². The number of aliphatic hydroxyl groups is 1. The van der Waals surface area contributed by atoms with Crippen LogP contribution in [0.25, 0.3) is 0 Å². The van der Waals surface area contributed by atoms with Gasteiger partial charge in [0.1, 0.15) is 13.2 Å². The van der Waals surface area contributed by atoms with Crippen molar-refractivity contribution in [1.82, 2.24) is 5.32 Å². The average molecular weight is 799 g/mol. The third-order valence-electron chi connectivity index (χ3n) is 10.4. The van der Waals surface area contributed by atoms with E-state index in [0.717, 1.165) is 32.1 Å². The zero-order valence-electron chi connectivity index (χ0n) is 36.9. The Bertz CT molecular complexity index is 953. The van der Waals surface area contributed by atoms with Crippen LogP contribution in [0.3, 0.4) is 0 Å². The van der Waals surface area contributed by atoms with Gasteiger partial charge in [-0.15, -0.1) is 0 Å². The molecule has 0 saturated heterocycles. The molecule has 0 aromatic carbocycles. The van der Waals surface area contributed by atoms with E-state index >= 15 is 0 Å². The average Bonchev–Trinajstić information content (AvgIpc) is 3.13. The summed E-state index contributed by atoms with van der Waals surface area (Å²) in [5.41, 5.74) is 0. The Hall–Kier alpha value is -1.02. The maximum Gasteiger partial charge on any atom is 0.268 e. The van der Waals surface area contributed by atoms with Gasteiger partial charge in [0.15, 0.2) is 0 Å². The summed E-state index contributed by atoms with van der Waals surface area (Å²) in [5.74, 6) is -0.233. The minimum Gasteiger partial charge on any atom is -0.756 e. The van der Waals surface area contributed by atoms with Crippen molar-refractivity contribution in [2.75, 3.05) is 40.9 Å². The Balaban J connectivity index is 4.22. The number of phosphoric acid groups is 1. The van der Waals surface area contributed by atoms with Crippen molar-refractivity contribution < 1.29 is 32.9 Å². The molecule has 3 atom stereocenters. The molecule has 326 valence electrons. The van der Waals surface area contributed by atoms with E-state index in [1.54, 1.807) is 6.08 Å². The summed E-state index contributed by atoms with van der Waals surface area (Å²) in [6.07, 6.45) is 45.4. The van der Waals surface area contributed by atoms with Crippen molar-refractivity contribution in [3.05, 3.63) is 24.3 Å². The van der Waals surface area contributed by atoms with Crippen LogP contribution in [0.15, 0.2) is 24.3 Å². The first-order valence-corrected chi connectivity index (χ1v) is 24.7. The van der Waals surface area contributed by atoms with E-state index < -0.39 is 20.0 Å². The van der Waals surface area contributed by atoms with Gasteiger partial charge in [-0.3, -0.25) is 9.36 Å². The maximum absolute atomic E-state index is 12.7. The predicted molar refractivity (Wildman–Crippen MR) is 233 cm³/mol. The van der Waals surface area contributed by atoms with E-state index in [2.05, 4.69) is 31.3 Å². The third-order valence-corrected chi connectivity index (χ3v) is 11.4. The van der Waals surface area contributed by atoms with Crippen LogP contribution in [0, 0.1) is 0 Å². The molecule has 0 radical (unpaired) electrons. The van der Waals surface area contributed by atoms with Gasteiger partial charge in [-0.05, 0) is 38.5 Å². The lowest BCUT2D eigenvalue weighted by molar-refractivity contribution is -0.870. The van der Waals surface area contributed by atoms with Crippen LogP contribution in [-0.2, 0) is 18.4 Å². The number of carbonyl (C=O) groups is 1. The summed E-state index contributed by atoms with van der Waals surface area (Å²) in [6.45, 7) is 4.59. The highest BCUT2D eigenvalue weighted by molar-refractivity contribution is 7.45. The standard InChI is InChI=1S/C46H91N2O6P/c1-6-8-10-12-14-16-17-18-19-20-21-22-23-24-25-26-27-28-29-30-32-33-35-37-39-45(49)44(43-54-55(51,52)53-42-41-48(3,4)5)47-46(50)40-38-36-34-31-15-13-11-9-7-2/h31,34,37,39,44-45,49H,6-30,32-33,35-36,38,40-43H2,1-5H3,(H-,47,50,51,52)/b34-31-,39-37+. The lowest BCUT2D eigenvalue weighted by Gasteiger charge is -2.29. The number of allylic oxidation sites excluding steroid dienone is 3. The van der Waals surface area contributed by atoms with Crippen molar-refractivity contribution in [1.29, 1.82) is 0 Å². The first-order valence-electron chi connectivity index (χ1n) is 23.2. The van der Waals surface area contributed by atoms with E-state index in [4.69, 9.17) is 9.05 Å². The van der Waals surface area contributed by atoms with Crippen molar-refractivity contribution in [2.45, 2.75) is 225 Å². The number of unbranched alkanes of at least 4 members (excludes halogenated alkanes) is 27. The van der Waals surface area contributed by atoms with E-state index in [9.17, 15) is 19.4 Å². The van der Waals surface area contributed by atoms with Crippen LogP contribution in [0.2, 0.25) is 0 Å². The first-order chi connectivity index (χ1) is 26.5. The number of hydrogen-bond acceptors (Lipinski definition) is 6. The Morgan fingerprint density at radius 2 is 1.00 bits per heavy atom. The molecule has 3 unspecified atom stereocenters. The molecular weight excluding hydrogens is 707 g/mol. The van der Waals surface area contributed by atoms with Crippen LogP contribution >= 0.6 is 7.82 Å². The van der Waals surface area contributed by atoms with Gasteiger partial charge in [-0.25, -0.2) is 0 Å². The molecule has 0 aliphatic rings. The number of aliphatic hydroxyl groups excluding tert-OH is 1. The topological polar surface area (TPSA) is 108 Å². The van der Waals surface area contributed by atoms with Crippen LogP contribution in [0.4, 0.5) is 0 Å². The number of quaternary nitrogens is 1. The fourth-order valence-corrected chi connectivity index (χ4v) is 7.41. The molecule has 9 heteroatoms. The molecule has 0 spiro atoms. The Labute approximate surface area is 341 Å². The molecule has 0 aromatic heterocycles. The molecule has 0 saturated carbocycles. The van der Waals surface area contributed by atoms with Gasteiger partial charge in [0.25, 0.3) is 7.82 Å². The van der Waals surface area contributed by atoms with Gasteiger partial charge in [0.05, 0.1) is 39.9 Å². The summed E-state index contributed by atoms with van der Waals surface area (Å²) in [7, 11) is 1.25. The second kappa shape index (κ2) is 38.5. The molecule has 0 bridgehead atoms. The predicted octanol–water partition coefficient (Wildman–Crippen LogP) is 12.3. The van der Waals surface area contributed by atoms with Crippen molar-refractivity contribution >= 4 is 13.7 Å². The molecule has 55 heavy (non-hydrogen) atoms. The molecule has 0 aromatic rings. The number of carbonyl (C=O) groups excluding carboxylic acids is 1. The van der Waals surface area contributed by atoms with Gasteiger partial charge in [0, 0.05) is 6.42 Å². The van der Waals surface area contributed by atoms with Crippen LogP contribution in [0.5, 0.6) is 0 Å². The lowest BCUT2D eigenvalue weighted by Crippen LogP contribution is -2.45. The van der Waals surface area contributed by atoms with Crippen LogP contribution < -0.4 is 10.2 Å². The second-order valence-electron chi connectivity index (χ2n) is 17.1. The summed E-state index contributed by atoms with van der Waals surface area (Å²) in [5, 5.41) is 13.7. The van der Waals surface area contributed by atoms with Crippen LogP contribution in [0.1, 0.15) is 213 Å². The molecule has 0 aliphatic carbocycles. The van der Waals surface area contributed by atoms with Gasteiger partial charge >= 0.3 is 0 Å². The smallest absolute Gasteiger partial charge is 0.268 e. The van der Waals surface area contributed by atoms with Crippen molar-refractivity contribution in [2.24, 2.45) is 0 Å². The highest BCUT2D eigenvalue weighted by Gasteiger charge is 2.23. The fourth-order valence-electron chi connectivity index (χ4n) is 6.69. The molecule has 1 amide bonds. The zero-order valence-corrected chi connectivity index (χ0v) is 37.8. The Morgan fingerprint density at radius 3 is 1.44 bits per heavy atom. The fraction of sp³-hybridized carbons (Fsp3) is 0.891. The highest BCUT2D eigenvalue weighted by Crippen LogP contribution is 2.38. The Kier molecular flexibility index (Phi) is 37.8. The number of amides is 1. The summed E-state index contributed by atoms with van der Waals surface area (Å²) in [4.78, 5) is 25.2. The molecule has 0 rings (SSSR count). The summed E-state index contributed by atoms with van der Waals surface area (Å²) >= 11 is 0. The van der Waals surface area contributed by atoms with E-state index in [1.807, 2.05) is 27.2 Å². The van der Waals surface area contributed by atoms with Gasteiger partial charge in [0.2, 0.25) is 5.91 Å². The molecular formula is C46H91N2O6P. The van der Waals surface area contributed by atoms with E-state index in [1.165, 1.54) is 154 Å². The second-order valence-corrected chi connectivity index (χ2v) is 18.5. The number of rotatable bonds is 42.